The molecule has 13 heteroatoms. The first-order valence-corrected chi connectivity index (χ1v) is 15.3. The van der Waals surface area contributed by atoms with E-state index in [4.69, 9.17) is 19.8 Å². The van der Waals surface area contributed by atoms with E-state index in [0.717, 1.165) is 11.3 Å². The first-order valence-electron chi connectivity index (χ1n) is 12.9. The summed E-state index contributed by atoms with van der Waals surface area (Å²) in [5.41, 5.74) is 2.43. The Kier molecular flexibility index (Phi) is 7.85. The SMILES string of the molecule is Cc1csc(S(=O)(=O)C2(c3cc(N4CCOC[C@@H]4C)nc(-c4ccc(NC(=O)NCCCO)cc4)n3)CC2)n1. The summed E-state index contributed by atoms with van der Waals surface area (Å²) >= 11 is 1.14. The molecule has 3 N–H and O–H groups in total. The molecule has 1 aliphatic heterocycles. The van der Waals surface area contributed by atoms with Gasteiger partial charge in [0.25, 0.3) is 0 Å². The highest BCUT2D eigenvalue weighted by Gasteiger charge is 2.59. The van der Waals surface area contributed by atoms with E-state index in [1.165, 1.54) is 0 Å². The van der Waals surface area contributed by atoms with Crippen LogP contribution in [0.15, 0.2) is 40.1 Å². The lowest BCUT2D eigenvalue weighted by Crippen LogP contribution is -2.44. The number of carbonyl (C=O) groups is 1. The van der Waals surface area contributed by atoms with Crippen molar-refractivity contribution in [1.82, 2.24) is 20.3 Å². The quantitative estimate of drug-likeness (QED) is 0.329. The maximum atomic E-state index is 13.8. The fraction of sp³-hybridized carbons (Fsp3) is 0.462. The molecule has 208 valence electrons. The number of nitrogens with one attached hydrogen (secondary N) is 2. The van der Waals surface area contributed by atoms with Crippen molar-refractivity contribution >= 4 is 38.7 Å². The molecule has 0 radical (unpaired) electrons. The van der Waals surface area contributed by atoms with Crippen molar-refractivity contribution < 1.29 is 23.1 Å². The molecule has 1 atom stereocenters. The van der Waals surface area contributed by atoms with Crippen LogP contribution in [-0.2, 0) is 19.3 Å². The number of aliphatic hydroxyl groups excluding tert-OH is 1. The molecule has 0 unspecified atom stereocenters. The van der Waals surface area contributed by atoms with Gasteiger partial charge in [0.05, 0.1) is 24.9 Å². The highest BCUT2D eigenvalue weighted by Crippen LogP contribution is 2.55. The molecule has 1 aromatic carbocycles. The average molecular weight is 573 g/mol. The standard InChI is InChI=1S/C26H32N6O5S2/c1-17-16-38-25(28-17)39(35,36)26(8-9-26)21-14-22(32-11-13-37-15-18(32)2)31-23(30-21)19-4-6-20(7-5-19)29-24(34)27-10-3-12-33/h4-7,14,16,18,33H,3,8-13,15H2,1-2H3,(H2,27,29,34)/t18-/m0/s1. The molecular weight excluding hydrogens is 540 g/mol. The Hall–Kier alpha value is -3.13. The van der Waals surface area contributed by atoms with Crippen LogP contribution in [0.3, 0.4) is 0 Å². The van der Waals surface area contributed by atoms with Gasteiger partial charge in [-0.05, 0) is 57.4 Å². The molecule has 3 heterocycles. The third-order valence-corrected chi connectivity index (χ3v) is 10.8. The summed E-state index contributed by atoms with van der Waals surface area (Å²) in [5.74, 6) is 1.07. The van der Waals surface area contributed by atoms with Crippen LogP contribution in [0.2, 0.25) is 0 Å². The molecule has 0 bridgehead atoms. The van der Waals surface area contributed by atoms with Crippen molar-refractivity contribution in [3.8, 4) is 11.4 Å². The molecule has 11 nitrogen and oxygen atoms in total. The molecular formula is C26H32N6O5S2. The van der Waals surface area contributed by atoms with Gasteiger partial charge >= 0.3 is 6.03 Å². The zero-order chi connectivity index (χ0) is 27.6. The fourth-order valence-electron chi connectivity index (χ4n) is 4.57. The van der Waals surface area contributed by atoms with Crippen LogP contribution in [-0.4, -0.2) is 73.5 Å². The van der Waals surface area contributed by atoms with Crippen molar-refractivity contribution in [1.29, 1.82) is 0 Å². The largest absolute Gasteiger partial charge is 0.396 e. The molecule has 2 amide bonds. The van der Waals surface area contributed by atoms with Crippen LogP contribution in [0.4, 0.5) is 16.3 Å². The average Bonchev–Trinajstić information content (AvgIpc) is 3.64. The van der Waals surface area contributed by atoms with Gasteiger partial charge in [-0.25, -0.2) is 28.2 Å². The number of hydrogen-bond acceptors (Lipinski definition) is 10. The number of urea groups is 1. The Morgan fingerprint density at radius 2 is 2.00 bits per heavy atom. The Morgan fingerprint density at radius 3 is 2.64 bits per heavy atom. The highest BCUT2D eigenvalue weighted by molar-refractivity contribution is 7.94. The van der Waals surface area contributed by atoms with Crippen LogP contribution >= 0.6 is 11.3 Å². The Bertz CT molecular complexity index is 1440. The molecule has 1 saturated heterocycles. The second kappa shape index (κ2) is 11.2. The smallest absolute Gasteiger partial charge is 0.319 e. The normalized spacial score (nSPS) is 18.5. The van der Waals surface area contributed by atoms with Gasteiger partial charge in [-0.3, -0.25) is 0 Å². The molecule has 0 spiro atoms. The number of morpholine rings is 1. The number of hydrogen-bond donors (Lipinski definition) is 3. The number of thiazole rings is 1. The topological polar surface area (TPSA) is 147 Å². The lowest BCUT2D eigenvalue weighted by molar-refractivity contribution is 0.0985. The van der Waals surface area contributed by atoms with Crippen LogP contribution < -0.4 is 15.5 Å². The third-order valence-electron chi connectivity index (χ3n) is 6.91. The van der Waals surface area contributed by atoms with Gasteiger partial charge in [-0.2, -0.15) is 0 Å². The monoisotopic (exact) mass is 572 g/mol. The number of amides is 2. The molecule has 3 aromatic rings. The van der Waals surface area contributed by atoms with E-state index in [2.05, 4.69) is 27.4 Å². The Labute approximate surface area is 231 Å². The van der Waals surface area contributed by atoms with Crippen LogP contribution in [0.1, 0.15) is 37.6 Å². The molecule has 5 rings (SSSR count). The van der Waals surface area contributed by atoms with Gasteiger partial charge in [0.2, 0.25) is 14.2 Å². The maximum Gasteiger partial charge on any atom is 0.319 e. The first kappa shape index (κ1) is 27.4. The molecule has 1 aliphatic carbocycles. The summed E-state index contributed by atoms with van der Waals surface area (Å²) in [6, 6.07) is 8.60. The summed E-state index contributed by atoms with van der Waals surface area (Å²) in [5, 5.41) is 16.1. The number of ether oxygens (including phenoxy) is 1. The maximum absolute atomic E-state index is 13.8. The van der Waals surface area contributed by atoms with Gasteiger partial charge < -0.3 is 25.4 Å². The first-order chi connectivity index (χ1) is 18.7. The van der Waals surface area contributed by atoms with Crippen molar-refractivity contribution in [2.75, 3.05) is 43.1 Å². The van der Waals surface area contributed by atoms with E-state index >= 15 is 0 Å². The van der Waals surface area contributed by atoms with Crippen molar-refractivity contribution in [2.45, 2.75) is 48.2 Å². The lowest BCUT2D eigenvalue weighted by Gasteiger charge is -2.34. The van der Waals surface area contributed by atoms with Crippen LogP contribution in [0.5, 0.6) is 0 Å². The number of sulfone groups is 1. The van der Waals surface area contributed by atoms with Crippen molar-refractivity contribution in [3.63, 3.8) is 0 Å². The van der Waals surface area contributed by atoms with Crippen LogP contribution in [0.25, 0.3) is 11.4 Å². The number of nitrogens with zero attached hydrogens (tertiary/aromatic N) is 4. The predicted molar refractivity (Wildman–Crippen MR) is 149 cm³/mol. The Balaban J connectivity index is 1.49. The number of carbonyl (C=O) groups excluding carboxylic acids is 1. The summed E-state index contributed by atoms with van der Waals surface area (Å²) < 4.78 is 32.1. The van der Waals surface area contributed by atoms with Gasteiger partial charge in [0.15, 0.2) is 5.82 Å². The zero-order valence-electron chi connectivity index (χ0n) is 21.9. The van der Waals surface area contributed by atoms with E-state index in [9.17, 15) is 13.2 Å². The van der Waals surface area contributed by atoms with E-state index in [1.807, 2.05) is 6.07 Å². The third kappa shape index (κ3) is 5.62. The predicted octanol–water partition coefficient (Wildman–Crippen LogP) is 3.10. The minimum atomic E-state index is -3.75. The zero-order valence-corrected chi connectivity index (χ0v) is 23.5. The summed E-state index contributed by atoms with van der Waals surface area (Å²) in [6.45, 7) is 5.96. The van der Waals surface area contributed by atoms with E-state index in [1.54, 1.807) is 36.6 Å². The number of anilines is 2. The molecule has 2 aliphatic rings. The summed E-state index contributed by atoms with van der Waals surface area (Å²) in [6.07, 6.45) is 1.41. The van der Waals surface area contributed by atoms with Gasteiger partial charge in [-0.15, -0.1) is 11.3 Å². The van der Waals surface area contributed by atoms with Crippen molar-refractivity contribution in [3.05, 3.63) is 47.1 Å². The second-order valence-corrected chi connectivity index (χ2v) is 13.1. The fourth-order valence-corrected chi connectivity index (χ4v) is 7.84. The molecule has 2 fully saturated rings. The molecule has 39 heavy (non-hydrogen) atoms. The second-order valence-electron chi connectivity index (χ2n) is 9.84. The minimum absolute atomic E-state index is 0.00528. The lowest BCUT2D eigenvalue weighted by atomic mass is 10.1. The minimum Gasteiger partial charge on any atom is -0.396 e. The number of aryl methyl sites for hydroxylation is 1. The number of aliphatic hydroxyl groups is 1. The summed E-state index contributed by atoms with van der Waals surface area (Å²) in [4.78, 5) is 28.1. The number of aromatic nitrogens is 3. The molecule has 2 aromatic heterocycles. The highest BCUT2D eigenvalue weighted by atomic mass is 32.2. The van der Waals surface area contributed by atoms with Crippen LogP contribution in [0, 0.1) is 6.92 Å². The van der Waals surface area contributed by atoms with Gasteiger partial charge in [0.1, 0.15) is 10.6 Å². The van der Waals surface area contributed by atoms with E-state index < -0.39 is 14.6 Å². The number of benzene rings is 1. The van der Waals surface area contributed by atoms with E-state index in [0.29, 0.717) is 79.8 Å². The summed E-state index contributed by atoms with van der Waals surface area (Å²) in [7, 11) is -3.75. The number of rotatable bonds is 9. The van der Waals surface area contributed by atoms with Crippen molar-refractivity contribution in [2.24, 2.45) is 0 Å². The van der Waals surface area contributed by atoms with Gasteiger partial charge in [0, 0.05) is 48.1 Å². The van der Waals surface area contributed by atoms with E-state index in [-0.39, 0.29) is 23.0 Å². The van der Waals surface area contributed by atoms with Gasteiger partial charge in [-0.1, -0.05) is 0 Å². The Morgan fingerprint density at radius 1 is 1.23 bits per heavy atom. The molecule has 1 saturated carbocycles.